The molecule has 0 radical (unpaired) electrons. The molecule has 1 aromatic carbocycles. The normalized spacial score (nSPS) is 16.7. The average Bonchev–Trinajstić information content (AvgIpc) is 2.91. The molecule has 1 N–H and O–H groups in total. The first-order chi connectivity index (χ1) is 9.33. The van der Waals surface area contributed by atoms with E-state index in [0.29, 0.717) is 5.92 Å². The number of H-pyrrole nitrogens is 1. The number of hydrogen-bond acceptors (Lipinski definition) is 2. The van der Waals surface area contributed by atoms with Gasteiger partial charge in [0.05, 0.1) is 0 Å². The topological polar surface area (TPSA) is 41.6 Å². The lowest BCUT2D eigenvalue weighted by molar-refractivity contribution is 0.429. The van der Waals surface area contributed by atoms with E-state index in [-0.39, 0.29) is 0 Å². The van der Waals surface area contributed by atoms with Crippen molar-refractivity contribution in [1.29, 1.82) is 0 Å². The summed E-state index contributed by atoms with van der Waals surface area (Å²) in [5.74, 6) is 2.61. The highest BCUT2D eigenvalue weighted by atomic mass is 15.2. The van der Waals surface area contributed by atoms with Crippen molar-refractivity contribution in [3.05, 3.63) is 47.0 Å². The van der Waals surface area contributed by atoms with Crippen LogP contribution in [0.5, 0.6) is 0 Å². The number of aromatic amines is 1. The summed E-state index contributed by atoms with van der Waals surface area (Å²) in [5.41, 5.74) is 2.65. The molecule has 3 heteroatoms. The molecule has 1 saturated carbocycles. The van der Waals surface area contributed by atoms with Crippen LogP contribution in [-0.2, 0) is 6.42 Å². The lowest BCUT2D eigenvalue weighted by Crippen LogP contribution is -2.06. The second-order valence-electron chi connectivity index (χ2n) is 5.58. The summed E-state index contributed by atoms with van der Waals surface area (Å²) in [6, 6.07) is 8.47. The molecule has 1 aromatic heterocycles. The van der Waals surface area contributed by atoms with Crippen molar-refractivity contribution in [3.63, 3.8) is 0 Å². The number of hydrogen-bond donors (Lipinski definition) is 1. The lowest BCUT2D eigenvalue weighted by atomic mass is 9.89. The zero-order chi connectivity index (χ0) is 13.1. The summed E-state index contributed by atoms with van der Waals surface area (Å²) in [6.07, 6.45) is 7.38. The molecule has 0 spiro atoms. The first-order valence-electron chi connectivity index (χ1n) is 7.28. The van der Waals surface area contributed by atoms with E-state index >= 15 is 0 Å². The number of aromatic nitrogens is 3. The van der Waals surface area contributed by atoms with Gasteiger partial charge >= 0.3 is 0 Å². The second kappa shape index (κ2) is 5.55. The van der Waals surface area contributed by atoms with Gasteiger partial charge in [0.25, 0.3) is 0 Å². The molecule has 0 bridgehead atoms. The van der Waals surface area contributed by atoms with Crippen LogP contribution in [0, 0.1) is 6.92 Å². The summed E-state index contributed by atoms with van der Waals surface area (Å²) in [7, 11) is 0. The van der Waals surface area contributed by atoms with Crippen molar-refractivity contribution in [1.82, 2.24) is 15.2 Å². The molecule has 0 amide bonds. The Hall–Kier alpha value is -1.64. The maximum absolute atomic E-state index is 4.70. The van der Waals surface area contributed by atoms with E-state index in [1.165, 1.54) is 43.2 Å². The number of nitrogens with zero attached hydrogens (tertiary/aromatic N) is 2. The summed E-state index contributed by atoms with van der Waals surface area (Å²) in [6.45, 7) is 2.15. The fourth-order valence-corrected chi connectivity index (χ4v) is 2.92. The summed E-state index contributed by atoms with van der Waals surface area (Å²) in [4.78, 5) is 4.70. The number of benzene rings is 1. The van der Waals surface area contributed by atoms with Crippen molar-refractivity contribution in [2.75, 3.05) is 0 Å². The number of nitrogens with one attached hydrogen (secondary N) is 1. The molecule has 1 aliphatic rings. The molecule has 3 rings (SSSR count). The van der Waals surface area contributed by atoms with Crippen LogP contribution in [0.25, 0.3) is 0 Å². The van der Waals surface area contributed by atoms with Crippen LogP contribution in [0.4, 0.5) is 0 Å². The molecule has 0 unspecified atom stereocenters. The van der Waals surface area contributed by atoms with Crippen LogP contribution in [0.1, 0.15) is 60.8 Å². The van der Waals surface area contributed by atoms with E-state index in [2.05, 4.69) is 41.4 Å². The van der Waals surface area contributed by atoms with Gasteiger partial charge in [-0.05, 0) is 30.9 Å². The van der Waals surface area contributed by atoms with Crippen molar-refractivity contribution in [2.45, 2.75) is 51.4 Å². The molecular weight excluding hydrogens is 234 g/mol. The smallest absolute Gasteiger partial charge is 0.153 e. The zero-order valence-corrected chi connectivity index (χ0v) is 11.5. The minimum atomic E-state index is 0.579. The van der Waals surface area contributed by atoms with Crippen LogP contribution in [0.2, 0.25) is 0 Å². The first-order valence-corrected chi connectivity index (χ1v) is 7.28. The highest BCUT2D eigenvalue weighted by molar-refractivity contribution is 5.28. The molecule has 19 heavy (non-hydrogen) atoms. The molecule has 1 heterocycles. The Morgan fingerprint density at radius 3 is 2.74 bits per heavy atom. The summed E-state index contributed by atoms with van der Waals surface area (Å²) < 4.78 is 0. The van der Waals surface area contributed by atoms with Gasteiger partial charge in [0.1, 0.15) is 5.82 Å². The largest absolute Gasteiger partial charge is 0.263 e. The van der Waals surface area contributed by atoms with Gasteiger partial charge in [-0.25, -0.2) is 4.98 Å². The van der Waals surface area contributed by atoms with Crippen LogP contribution in [-0.4, -0.2) is 15.2 Å². The van der Waals surface area contributed by atoms with E-state index in [0.717, 1.165) is 18.1 Å². The quantitative estimate of drug-likeness (QED) is 0.907. The van der Waals surface area contributed by atoms with Gasteiger partial charge in [0.15, 0.2) is 5.82 Å². The molecule has 0 atom stereocenters. The Kier molecular flexibility index (Phi) is 3.62. The highest BCUT2D eigenvalue weighted by Gasteiger charge is 2.19. The van der Waals surface area contributed by atoms with Gasteiger partial charge in [-0.15, -0.1) is 0 Å². The molecule has 100 valence electrons. The molecule has 1 aliphatic carbocycles. The third-order valence-electron chi connectivity index (χ3n) is 4.14. The van der Waals surface area contributed by atoms with Crippen LogP contribution in [0.15, 0.2) is 24.3 Å². The maximum Gasteiger partial charge on any atom is 0.153 e. The Morgan fingerprint density at radius 2 is 1.95 bits per heavy atom. The predicted molar refractivity (Wildman–Crippen MR) is 76.2 cm³/mol. The molecule has 3 nitrogen and oxygen atoms in total. The van der Waals surface area contributed by atoms with E-state index in [1.54, 1.807) is 0 Å². The monoisotopic (exact) mass is 255 g/mol. The highest BCUT2D eigenvalue weighted by Crippen LogP contribution is 2.30. The van der Waals surface area contributed by atoms with Crippen molar-refractivity contribution in [2.24, 2.45) is 0 Å². The van der Waals surface area contributed by atoms with E-state index < -0.39 is 0 Å². The standard InChI is InChI=1S/C16H21N3/c1-12-7-5-6-10-14(12)11-15-17-16(19-18-15)13-8-3-2-4-9-13/h5-7,10,13H,2-4,8-9,11H2,1H3,(H,17,18,19). The van der Waals surface area contributed by atoms with Gasteiger partial charge in [-0.3, -0.25) is 5.10 Å². The molecular formula is C16H21N3. The van der Waals surface area contributed by atoms with E-state index in [1.807, 2.05) is 0 Å². The third-order valence-corrected chi connectivity index (χ3v) is 4.14. The minimum Gasteiger partial charge on any atom is -0.263 e. The Labute approximate surface area is 114 Å². The SMILES string of the molecule is Cc1ccccc1Cc1nc(C2CCCCC2)n[nH]1. The Balaban J connectivity index is 1.73. The van der Waals surface area contributed by atoms with Crippen molar-refractivity contribution in [3.8, 4) is 0 Å². The fraction of sp³-hybridized carbons (Fsp3) is 0.500. The number of aryl methyl sites for hydroxylation is 1. The van der Waals surface area contributed by atoms with Gasteiger partial charge in [0, 0.05) is 12.3 Å². The second-order valence-corrected chi connectivity index (χ2v) is 5.58. The fourth-order valence-electron chi connectivity index (χ4n) is 2.92. The maximum atomic E-state index is 4.70. The Morgan fingerprint density at radius 1 is 1.16 bits per heavy atom. The zero-order valence-electron chi connectivity index (χ0n) is 11.5. The molecule has 1 fully saturated rings. The van der Waals surface area contributed by atoms with Gasteiger partial charge < -0.3 is 0 Å². The van der Waals surface area contributed by atoms with E-state index in [4.69, 9.17) is 4.98 Å². The molecule has 0 saturated heterocycles. The lowest BCUT2D eigenvalue weighted by Gasteiger charge is -2.18. The average molecular weight is 255 g/mol. The number of rotatable bonds is 3. The first kappa shape index (κ1) is 12.4. The molecule has 2 aromatic rings. The summed E-state index contributed by atoms with van der Waals surface area (Å²) in [5, 5.41) is 7.55. The van der Waals surface area contributed by atoms with Crippen LogP contribution >= 0.6 is 0 Å². The summed E-state index contributed by atoms with van der Waals surface area (Å²) >= 11 is 0. The predicted octanol–water partition coefficient (Wildman–Crippen LogP) is 3.75. The van der Waals surface area contributed by atoms with Crippen molar-refractivity contribution < 1.29 is 0 Å². The van der Waals surface area contributed by atoms with Gasteiger partial charge in [-0.1, -0.05) is 43.5 Å². The van der Waals surface area contributed by atoms with Gasteiger partial charge in [-0.2, -0.15) is 5.10 Å². The third kappa shape index (κ3) is 2.86. The van der Waals surface area contributed by atoms with Crippen LogP contribution < -0.4 is 0 Å². The van der Waals surface area contributed by atoms with Crippen molar-refractivity contribution >= 4 is 0 Å². The van der Waals surface area contributed by atoms with E-state index in [9.17, 15) is 0 Å². The minimum absolute atomic E-state index is 0.579. The van der Waals surface area contributed by atoms with Gasteiger partial charge in [0.2, 0.25) is 0 Å². The molecule has 0 aliphatic heterocycles. The Bertz CT molecular complexity index is 538. The van der Waals surface area contributed by atoms with Crippen LogP contribution in [0.3, 0.4) is 0 Å².